The third-order valence-electron chi connectivity index (χ3n) is 2.86. The Kier molecular flexibility index (Phi) is 6.47. The van der Waals surface area contributed by atoms with E-state index in [9.17, 15) is 4.79 Å². The molecule has 0 bridgehead atoms. The van der Waals surface area contributed by atoms with Gasteiger partial charge in [-0.1, -0.05) is 42.6 Å². The van der Waals surface area contributed by atoms with Crippen LogP contribution < -0.4 is 5.32 Å². The quantitative estimate of drug-likeness (QED) is 0.845. The first-order chi connectivity index (χ1) is 8.60. The van der Waals surface area contributed by atoms with Crippen LogP contribution in [0, 0.1) is 5.92 Å². The van der Waals surface area contributed by atoms with Gasteiger partial charge in [0.2, 0.25) is 0 Å². The Balaban J connectivity index is 2.65. The van der Waals surface area contributed by atoms with E-state index < -0.39 is 0 Å². The zero-order chi connectivity index (χ0) is 13.5. The van der Waals surface area contributed by atoms with Gasteiger partial charge in [-0.3, -0.25) is 4.79 Å². The molecule has 0 fully saturated rings. The largest absolute Gasteiger partial charge is 0.396 e. The normalized spacial score (nSPS) is 12.2. The number of hydrogen-bond donors (Lipinski definition) is 2. The molecule has 1 amide bonds. The van der Waals surface area contributed by atoms with E-state index in [2.05, 4.69) is 5.32 Å². The van der Waals surface area contributed by atoms with E-state index in [-0.39, 0.29) is 18.4 Å². The average Bonchev–Trinajstić information content (AvgIpc) is 2.34. The molecule has 2 N–H and O–H groups in total. The van der Waals surface area contributed by atoms with E-state index in [0.29, 0.717) is 28.6 Å². The predicted octanol–water partition coefficient (Wildman–Crippen LogP) is 3.13. The lowest BCUT2D eigenvalue weighted by Gasteiger charge is -2.15. The van der Waals surface area contributed by atoms with Gasteiger partial charge in [0.15, 0.2) is 0 Å². The lowest BCUT2D eigenvalue weighted by molar-refractivity contribution is 0.0944. The van der Waals surface area contributed by atoms with Crippen molar-refractivity contribution in [2.45, 2.75) is 19.8 Å². The van der Waals surface area contributed by atoms with Crippen molar-refractivity contribution >= 4 is 29.1 Å². The van der Waals surface area contributed by atoms with Crippen LogP contribution in [0.3, 0.4) is 0 Å². The molecule has 0 radical (unpaired) electrons. The molecule has 1 unspecified atom stereocenters. The molecule has 100 valence electrons. The van der Waals surface area contributed by atoms with Crippen molar-refractivity contribution in [3.8, 4) is 0 Å². The molecule has 1 aromatic rings. The second-order valence-corrected chi connectivity index (χ2v) is 4.91. The second-order valence-electron chi connectivity index (χ2n) is 4.09. The average molecular weight is 290 g/mol. The Hall–Kier alpha value is -0.770. The zero-order valence-corrected chi connectivity index (χ0v) is 11.8. The number of rotatable bonds is 6. The number of nitrogens with one attached hydrogen (secondary N) is 1. The maximum atomic E-state index is 12.0. The molecule has 0 aliphatic heterocycles. The van der Waals surface area contributed by atoms with Crippen molar-refractivity contribution in [3.63, 3.8) is 0 Å². The van der Waals surface area contributed by atoms with Gasteiger partial charge in [-0.15, -0.1) is 0 Å². The van der Waals surface area contributed by atoms with Gasteiger partial charge in [-0.2, -0.15) is 0 Å². The molecule has 0 saturated carbocycles. The first kappa shape index (κ1) is 15.3. The van der Waals surface area contributed by atoms with Gasteiger partial charge in [0.25, 0.3) is 5.91 Å². The molecule has 18 heavy (non-hydrogen) atoms. The smallest absolute Gasteiger partial charge is 0.254 e. The third kappa shape index (κ3) is 4.16. The van der Waals surface area contributed by atoms with E-state index in [1.807, 2.05) is 6.92 Å². The second kappa shape index (κ2) is 7.62. The minimum atomic E-state index is -0.276. The van der Waals surface area contributed by atoms with Crippen molar-refractivity contribution in [2.24, 2.45) is 5.92 Å². The lowest BCUT2D eigenvalue weighted by Crippen LogP contribution is -2.30. The maximum Gasteiger partial charge on any atom is 0.254 e. The number of amides is 1. The number of hydrogen-bond acceptors (Lipinski definition) is 2. The summed E-state index contributed by atoms with van der Waals surface area (Å²) >= 11 is 11.9. The number of aliphatic hydroxyl groups is 1. The van der Waals surface area contributed by atoms with E-state index in [0.717, 1.165) is 6.42 Å². The minimum absolute atomic E-state index is 0.126. The van der Waals surface area contributed by atoms with Crippen LogP contribution in [-0.2, 0) is 0 Å². The lowest BCUT2D eigenvalue weighted by atomic mass is 10.0. The summed E-state index contributed by atoms with van der Waals surface area (Å²) < 4.78 is 0. The predicted molar refractivity (Wildman–Crippen MR) is 74.3 cm³/mol. The molecule has 3 nitrogen and oxygen atoms in total. The first-order valence-electron chi connectivity index (χ1n) is 5.93. The van der Waals surface area contributed by atoms with Gasteiger partial charge in [-0.25, -0.2) is 0 Å². The van der Waals surface area contributed by atoms with Crippen LogP contribution in [0.5, 0.6) is 0 Å². The summed E-state index contributed by atoms with van der Waals surface area (Å²) in [5.74, 6) is -0.0118. The molecule has 0 aromatic heterocycles. The highest BCUT2D eigenvalue weighted by atomic mass is 35.5. The molecule has 0 aliphatic carbocycles. The Morgan fingerprint density at radius 2 is 2.00 bits per heavy atom. The Bertz CT molecular complexity index is 390. The van der Waals surface area contributed by atoms with Gasteiger partial charge < -0.3 is 10.4 Å². The molecule has 0 spiro atoms. The standard InChI is InChI=1S/C13H17Cl2NO2/c1-2-9(6-7-17)8-16-13(18)12-10(14)4-3-5-11(12)15/h3-5,9,17H,2,6-8H2,1H3,(H,16,18). The molecule has 5 heteroatoms. The Morgan fingerprint density at radius 1 is 1.39 bits per heavy atom. The van der Waals surface area contributed by atoms with Crippen LogP contribution in [0.15, 0.2) is 18.2 Å². The van der Waals surface area contributed by atoms with Gasteiger partial charge in [0.1, 0.15) is 0 Å². The number of carbonyl (C=O) groups is 1. The Morgan fingerprint density at radius 3 is 2.50 bits per heavy atom. The third-order valence-corrected chi connectivity index (χ3v) is 3.49. The SMILES string of the molecule is CCC(CCO)CNC(=O)c1c(Cl)cccc1Cl. The van der Waals surface area contributed by atoms with E-state index >= 15 is 0 Å². The summed E-state index contributed by atoms with van der Waals surface area (Å²) in [5, 5.41) is 12.4. The van der Waals surface area contributed by atoms with Crippen LogP contribution in [0.25, 0.3) is 0 Å². The van der Waals surface area contributed by atoms with Crippen molar-refractivity contribution in [3.05, 3.63) is 33.8 Å². The van der Waals surface area contributed by atoms with Crippen LogP contribution in [0.4, 0.5) is 0 Å². The van der Waals surface area contributed by atoms with Crippen molar-refractivity contribution < 1.29 is 9.90 Å². The number of benzene rings is 1. The van der Waals surface area contributed by atoms with E-state index in [1.165, 1.54) is 0 Å². The molecule has 0 heterocycles. The Labute approximate surface area is 117 Å². The number of carbonyl (C=O) groups excluding carboxylic acids is 1. The fourth-order valence-corrected chi connectivity index (χ4v) is 2.24. The fourth-order valence-electron chi connectivity index (χ4n) is 1.67. The van der Waals surface area contributed by atoms with Crippen molar-refractivity contribution in [1.82, 2.24) is 5.32 Å². The van der Waals surface area contributed by atoms with Crippen molar-refractivity contribution in [1.29, 1.82) is 0 Å². The van der Waals surface area contributed by atoms with Gasteiger partial charge in [0, 0.05) is 13.2 Å². The van der Waals surface area contributed by atoms with Crippen LogP contribution >= 0.6 is 23.2 Å². The highest BCUT2D eigenvalue weighted by Gasteiger charge is 2.15. The summed E-state index contributed by atoms with van der Waals surface area (Å²) in [6.07, 6.45) is 1.57. The maximum absolute atomic E-state index is 12.0. The molecule has 0 saturated heterocycles. The highest BCUT2D eigenvalue weighted by Crippen LogP contribution is 2.24. The molecule has 1 atom stereocenters. The molecule has 1 aromatic carbocycles. The molecule has 1 rings (SSSR count). The zero-order valence-electron chi connectivity index (χ0n) is 10.2. The monoisotopic (exact) mass is 289 g/mol. The van der Waals surface area contributed by atoms with Gasteiger partial charge in [-0.05, 0) is 24.5 Å². The molecular formula is C13H17Cl2NO2. The molecular weight excluding hydrogens is 273 g/mol. The summed E-state index contributed by atoms with van der Waals surface area (Å²) in [4.78, 5) is 12.0. The van der Waals surface area contributed by atoms with Crippen LogP contribution in [0.1, 0.15) is 30.1 Å². The summed E-state index contributed by atoms with van der Waals surface area (Å²) in [7, 11) is 0. The summed E-state index contributed by atoms with van der Waals surface area (Å²) in [6, 6.07) is 4.96. The van der Waals surface area contributed by atoms with Crippen LogP contribution in [-0.4, -0.2) is 24.2 Å². The van der Waals surface area contributed by atoms with Gasteiger partial charge in [0.05, 0.1) is 15.6 Å². The highest BCUT2D eigenvalue weighted by molar-refractivity contribution is 6.39. The first-order valence-corrected chi connectivity index (χ1v) is 6.68. The topological polar surface area (TPSA) is 49.3 Å². The van der Waals surface area contributed by atoms with E-state index in [4.69, 9.17) is 28.3 Å². The number of halogens is 2. The summed E-state index contributed by atoms with van der Waals surface area (Å²) in [6.45, 7) is 2.66. The summed E-state index contributed by atoms with van der Waals surface area (Å²) in [5.41, 5.74) is 0.305. The van der Waals surface area contributed by atoms with Gasteiger partial charge >= 0.3 is 0 Å². The number of aliphatic hydroxyl groups excluding tert-OH is 1. The fraction of sp³-hybridized carbons (Fsp3) is 0.462. The molecule has 0 aliphatic rings. The van der Waals surface area contributed by atoms with Crippen LogP contribution in [0.2, 0.25) is 10.0 Å². The van der Waals surface area contributed by atoms with E-state index in [1.54, 1.807) is 18.2 Å². The van der Waals surface area contributed by atoms with Crippen molar-refractivity contribution in [2.75, 3.05) is 13.2 Å². The minimum Gasteiger partial charge on any atom is -0.396 e.